The highest BCUT2D eigenvalue weighted by Gasteiger charge is 2.42. The van der Waals surface area contributed by atoms with E-state index in [2.05, 4.69) is 12.2 Å². The van der Waals surface area contributed by atoms with Crippen LogP contribution in [0.25, 0.3) is 0 Å². The third-order valence-electron chi connectivity index (χ3n) is 4.45. The Hall–Kier alpha value is -0.770. The van der Waals surface area contributed by atoms with E-state index in [0.29, 0.717) is 0 Å². The van der Waals surface area contributed by atoms with E-state index in [1.54, 1.807) is 7.11 Å². The lowest BCUT2D eigenvalue weighted by atomic mass is 9.76. The van der Waals surface area contributed by atoms with Gasteiger partial charge in [0.05, 0.1) is 18.8 Å². The number of likely N-dealkylation sites (N-methyl/N-ethyl adjacent to an activating group) is 1. The summed E-state index contributed by atoms with van der Waals surface area (Å²) in [4.78, 5) is 0. The first-order valence-electron chi connectivity index (χ1n) is 7.81. The zero-order chi connectivity index (χ0) is 15.3. The average Bonchev–Trinajstić information content (AvgIpc) is 2.49. The summed E-state index contributed by atoms with van der Waals surface area (Å²) in [5.74, 6) is 0.864. The summed E-state index contributed by atoms with van der Waals surface area (Å²) in [6.07, 6.45) is 5.85. The lowest BCUT2D eigenvalue weighted by Gasteiger charge is -2.43. The van der Waals surface area contributed by atoms with E-state index in [-0.39, 0.29) is 11.6 Å². The third-order valence-corrected chi connectivity index (χ3v) is 4.68. The number of methoxy groups -OCH3 is 1. The van der Waals surface area contributed by atoms with Crippen LogP contribution in [0.4, 0.5) is 0 Å². The van der Waals surface area contributed by atoms with Crippen LogP contribution in [0.1, 0.15) is 50.6 Å². The van der Waals surface area contributed by atoms with Crippen LogP contribution < -0.4 is 10.1 Å². The lowest BCUT2D eigenvalue weighted by molar-refractivity contribution is -0.0901. The summed E-state index contributed by atoms with van der Waals surface area (Å²) in [6, 6.07) is 5.89. The zero-order valence-corrected chi connectivity index (χ0v) is 14.0. The fraction of sp³-hybridized carbons (Fsp3) is 0.647. The number of hydrogen-bond donors (Lipinski definition) is 1. The van der Waals surface area contributed by atoms with E-state index in [1.807, 2.05) is 25.2 Å². The normalized spacial score (nSPS) is 19.2. The predicted molar refractivity (Wildman–Crippen MR) is 87.2 cm³/mol. The van der Waals surface area contributed by atoms with Gasteiger partial charge in [-0.3, -0.25) is 0 Å². The first kappa shape index (κ1) is 16.6. The maximum atomic E-state index is 6.26. The number of halogens is 1. The lowest BCUT2D eigenvalue weighted by Crippen LogP contribution is -2.46. The molecule has 4 heteroatoms. The zero-order valence-electron chi connectivity index (χ0n) is 13.2. The van der Waals surface area contributed by atoms with Gasteiger partial charge in [-0.05, 0) is 45.0 Å². The second-order valence-electron chi connectivity index (χ2n) is 5.67. The van der Waals surface area contributed by atoms with E-state index in [0.717, 1.165) is 35.8 Å². The quantitative estimate of drug-likeness (QED) is 0.847. The molecule has 118 valence electrons. The fourth-order valence-electron chi connectivity index (χ4n) is 3.59. The van der Waals surface area contributed by atoms with Crippen LogP contribution in [-0.4, -0.2) is 26.4 Å². The summed E-state index contributed by atoms with van der Waals surface area (Å²) < 4.78 is 11.8. The first-order chi connectivity index (χ1) is 10.2. The summed E-state index contributed by atoms with van der Waals surface area (Å²) in [5.41, 5.74) is 0.919. The van der Waals surface area contributed by atoms with Crippen molar-refractivity contribution < 1.29 is 9.47 Å². The van der Waals surface area contributed by atoms with Crippen molar-refractivity contribution in [2.24, 2.45) is 0 Å². The molecule has 1 atom stereocenters. The molecule has 1 saturated carbocycles. The van der Waals surface area contributed by atoms with Gasteiger partial charge < -0.3 is 14.8 Å². The molecule has 0 spiro atoms. The van der Waals surface area contributed by atoms with Crippen molar-refractivity contribution in [1.29, 1.82) is 0 Å². The molecule has 0 bridgehead atoms. The van der Waals surface area contributed by atoms with Crippen molar-refractivity contribution in [3.63, 3.8) is 0 Å². The SMILES string of the molecule is CCOC1(C(NC)c2cc(Cl)ccc2OC)CCCCC1. The van der Waals surface area contributed by atoms with Crippen molar-refractivity contribution >= 4 is 11.6 Å². The largest absolute Gasteiger partial charge is 0.496 e. The minimum Gasteiger partial charge on any atom is -0.496 e. The van der Waals surface area contributed by atoms with Gasteiger partial charge >= 0.3 is 0 Å². The number of ether oxygens (including phenoxy) is 2. The Labute approximate surface area is 133 Å². The Balaban J connectivity index is 2.42. The van der Waals surface area contributed by atoms with Gasteiger partial charge in [0.2, 0.25) is 0 Å². The van der Waals surface area contributed by atoms with Crippen LogP contribution in [0.5, 0.6) is 5.75 Å². The topological polar surface area (TPSA) is 30.5 Å². The van der Waals surface area contributed by atoms with Crippen molar-refractivity contribution in [1.82, 2.24) is 5.32 Å². The van der Waals surface area contributed by atoms with Gasteiger partial charge in [-0.2, -0.15) is 0 Å². The van der Waals surface area contributed by atoms with Crippen molar-refractivity contribution in [3.8, 4) is 5.75 Å². The van der Waals surface area contributed by atoms with E-state index >= 15 is 0 Å². The molecule has 0 saturated heterocycles. The second-order valence-corrected chi connectivity index (χ2v) is 6.10. The molecule has 0 aliphatic heterocycles. The van der Waals surface area contributed by atoms with Gasteiger partial charge in [-0.1, -0.05) is 30.9 Å². The third kappa shape index (κ3) is 3.53. The molecule has 1 N–H and O–H groups in total. The van der Waals surface area contributed by atoms with Crippen LogP contribution >= 0.6 is 11.6 Å². The summed E-state index contributed by atoms with van der Waals surface area (Å²) in [5, 5.41) is 4.18. The molecule has 0 aromatic heterocycles. The maximum absolute atomic E-state index is 6.26. The van der Waals surface area contributed by atoms with Gasteiger partial charge in [0.1, 0.15) is 5.75 Å². The van der Waals surface area contributed by atoms with Gasteiger partial charge in [-0.15, -0.1) is 0 Å². The van der Waals surface area contributed by atoms with Gasteiger partial charge in [0.25, 0.3) is 0 Å². The smallest absolute Gasteiger partial charge is 0.123 e. The predicted octanol–water partition coefficient (Wildman–Crippen LogP) is 4.35. The molecule has 0 heterocycles. The molecule has 1 fully saturated rings. The monoisotopic (exact) mass is 311 g/mol. The van der Waals surface area contributed by atoms with Crippen LogP contribution in [0.15, 0.2) is 18.2 Å². The van der Waals surface area contributed by atoms with Gasteiger partial charge in [0.15, 0.2) is 0 Å². The summed E-state index contributed by atoms with van der Waals surface area (Å²) >= 11 is 6.21. The van der Waals surface area contributed by atoms with Crippen molar-refractivity contribution in [2.45, 2.75) is 50.7 Å². The molecule has 0 amide bonds. The fourth-order valence-corrected chi connectivity index (χ4v) is 3.77. The first-order valence-corrected chi connectivity index (χ1v) is 8.19. The Morgan fingerprint density at radius 2 is 2.00 bits per heavy atom. The Bertz CT molecular complexity index is 453. The molecule has 1 aliphatic carbocycles. The Morgan fingerprint density at radius 1 is 1.29 bits per heavy atom. The standard InChI is InChI=1S/C17H26ClNO2/c1-4-21-17(10-6-5-7-11-17)16(19-2)14-12-13(18)8-9-15(14)20-3/h8-9,12,16,19H,4-7,10-11H2,1-3H3. The highest BCUT2D eigenvalue weighted by atomic mass is 35.5. The molecular formula is C17H26ClNO2. The molecular weight excluding hydrogens is 286 g/mol. The molecule has 2 rings (SSSR count). The minimum absolute atomic E-state index is 0.0893. The van der Waals surface area contributed by atoms with E-state index in [4.69, 9.17) is 21.1 Å². The van der Waals surface area contributed by atoms with Crippen LogP contribution in [0.2, 0.25) is 5.02 Å². The molecule has 3 nitrogen and oxygen atoms in total. The molecule has 1 unspecified atom stereocenters. The number of rotatable bonds is 6. The highest BCUT2D eigenvalue weighted by Crippen LogP contribution is 2.44. The van der Waals surface area contributed by atoms with Gasteiger partial charge in [-0.25, -0.2) is 0 Å². The Morgan fingerprint density at radius 3 is 2.57 bits per heavy atom. The molecule has 0 radical (unpaired) electrons. The number of hydrogen-bond acceptors (Lipinski definition) is 3. The second kappa shape index (κ2) is 7.48. The number of benzene rings is 1. The molecule has 21 heavy (non-hydrogen) atoms. The highest BCUT2D eigenvalue weighted by molar-refractivity contribution is 6.30. The van der Waals surface area contributed by atoms with Crippen molar-refractivity contribution in [3.05, 3.63) is 28.8 Å². The summed E-state index contributed by atoms with van der Waals surface area (Å²) in [7, 11) is 3.69. The van der Waals surface area contributed by atoms with E-state index in [1.165, 1.54) is 19.3 Å². The maximum Gasteiger partial charge on any atom is 0.123 e. The van der Waals surface area contributed by atoms with Crippen LogP contribution in [0.3, 0.4) is 0 Å². The van der Waals surface area contributed by atoms with Gasteiger partial charge in [0, 0.05) is 17.2 Å². The van der Waals surface area contributed by atoms with Crippen LogP contribution in [0, 0.1) is 0 Å². The van der Waals surface area contributed by atoms with Crippen LogP contribution in [-0.2, 0) is 4.74 Å². The minimum atomic E-state index is -0.167. The van der Waals surface area contributed by atoms with Crippen molar-refractivity contribution in [2.75, 3.05) is 20.8 Å². The molecule has 1 aromatic rings. The van der Waals surface area contributed by atoms with E-state index < -0.39 is 0 Å². The van der Waals surface area contributed by atoms with E-state index in [9.17, 15) is 0 Å². The average molecular weight is 312 g/mol. The summed E-state index contributed by atoms with van der Waals surface area (Å²) in [6.45, 7) is 2.79. The molecule has 1 aliphatic rings. The number of nitrogens with one attached hydrogen (secondary N) is 1. The Kier molecular flexibility index (Phi) is 5.91. The molecule has 1 aromatic carbocycles.